The summed E-state index contributed by atoms with van der Waals surface area (Å²) in [5.41, 5.74) is -0.905. The number of piperidine rings is 1. The number of rotatable bonds is 6. The number of hydrogen-bond acceptors (Lipinski definition) is 5. The van der Waals surface area contributed by atoms with Gasteiger partial charge in [-0.2, -0.15) is 5.06 Å². The minimum atomic E-state index is -0.818. The van der Waals surface area contributed by atoms with Gasteiger partial charge in [0.25, 0.3) is 0 Å². The van der Waals surface area contributed by atoms with Crippen LogP contribution in [-0.4, -0.2) is 58.3 Å². The second kappa shape index (κ2) is 6.50. The van der Waals surface area contributed by atoms with Gasteiger partial charge in [0.2, 0.25) is 0 Å². The third kappa shape index (κ3) is 5.36. The third-order valence-electron chi connectivity index (χ3n) is 3.47. The zero-order valence-electron chi connectivity index (χ0n) is 12.9. The normalized spacial score (nSPS) is 28.6. The lowest BCUT2D eigenvalue weighted by Gasteiger charge is -2.49. The van der Waals surface area contributed by atoms with Gasteiger partial charge >= 0.3 is 0 Å². The summed E-state index contributed by atoms with van der Waals surface area (Å²) in [7, 11) is 0. The maximum atomic E-state index is 9.78. The van der Waals surface area contributed by atoms with Crippen molar-refractivity contribution < 1.29 is 15.1 Å². The fourth-order valence-electron chi connectivity index (χ4n) is 2.83. The monoisotopic (exact) mass is 274 g/mol. The molecule has 0 radical (unpaired) electrons. The van der Waals surface area contributed by atoms with Gasteiger partial charge in [-0.1, -0.05) is 0 Å². The van der Waals surface area contributed by atoms with Crippen LogP contribution in [-0.2, 0) is 4.84 Å². The Morgan fingerprint density at radius 1 is 1.42 bits per heavy atom. The fourth-order valence-corrected chi connectivity index (χ4v) is 2.83. The summed E-state index contributed by atoms with van der Waals surface area (Å²) in [5.74, 6) is 0. The van der Waals surface area contributed by atoms with Crippen molar-refractivity contribution >= 4 is 0 Å². The van der Waals surface area contributed by atoms with Crippen LogP contribution < -0.4 is 5.32 Å². The smallest absolute Gasteiger partial charge is 0.0967 e. The minimum absolute atomic E-state index is 0.0873. The lowest BCUT2D eigenvalue weighted by Crippen LogP contribution is -2.59. The Balaban J connectivity index is 2.59. The SMILES string of the molecule is CC1CC(NCCO)CC(C)(C)N1OCC(C)(C)O. The Hall–Kier alpha value is -0.200. The van der Waals surface area contributed by atoms with Crippen LogP contribution in [0.5, 0.6) is 0 Å². The molecule has 1 aliphatic rings. The van der Waals surface area contributed by atoms with E-state index in [2.05, 4.69) is 26.1 Å². The highest BCUT2D eigenvalue weighted by Crippen LogP contribution is 2.32. The van der Waals surface area contributed by atoms with Crippen molar-refractivity contribution in [3.05, 3.63) is 0 Å². The van der Waals surface area contributed by atoms with Crippen LogP contribution in [0.4, 0.5) is 0 Å². The quantitative estimate of drug-likeness (QED) is 0.672. The number of hydroxylamine groups is 2. The summed E-state index contributed by atoms with van der Waals surface area (Å²) in [4.78, 5) is 5.83. The lowest BCUT2D eigenvalue weighted by atomic mass is 9.85. The number of aliphatic hydroxyl groups is 2. The molecular weight excluding hydrogens is 244 g/mol. The Morgan fingerprint density at radius 3 is 2.53 bits per heavy atom. The highest BCUT2D eigenvalue weighted by molar-refractivity contribution is 4.93. The molecule has 1 saturated heterocycles. The first-order valence-electron chi connectivity index (χ1n) is 7.14. The van der Waals surface area contributed by atoms with Gasteiger partial charge in [0.05, 0.1) is 18.8 Å². The molecular formula is C14H30N2O3. The summed E-state index contributed by atoms with van der Waals surface area (Å²) in [6.45, 7) is 11.1. The van der Waals surface area contributed by atoms with Gasteiger partial charge in [-0.25, -0.2) is 0 Å². The van der Waals surface area contributed by atoms with Gasteiger partial charge in [-0.15, -0.1) is 0 Å². The van der Waals surface area contributed by atoms with E-state index in [4.69, 9.17) is 9.94 Å². The second-order valence-electron chi connectivity index (χ2n) is 6.89. The first-order chi connectivity index (χ1) is 8.65. The standard InChI is InChI=1S/C14H30N2O3/c1-11-8-12(15-6-7-17)9-13(2,3)16(11)19-10-14(4,5)18/h11-12,15,17-18H,6-10H2,1-5H3. The minimum Gasteiger partial charge on any atom is -0.395 e. The van der Waals surface area contributed by atoms with Gasteiger partial charge in [0.1, 0.15) is 0 Å². The third-order valence-corrected chi connectivity index (χ3v) is 3.47. The lowest BCUT2D eigenvalue weighted by molar-refractivity contribution is -0.272. The maximum Gasteiger partial charge on any atom is 0.0967 e. The van der Waals surface area contributed by atoms with E-state index in [0.717, 1.165) is 12.8 Å². The van der Waals surface area contributed by atoms with Crippen molar-refractivity contribution in [2.75, 3.05) is 19.8 Å². The zero-order chi connectivity index (χ0) is 14.7. The molecule has 5 heteroatoms. The van der Waals surface area contributed by atoms with Crippen molar-refractivity contribution in [2.45, 2.75) is 70.7 Å². The van der Waals surface area contributed by atoms with Crippen molar-refractivity contribution in [3.63, 3.8) is 0 Å². The van der Waals surface area contributed by atoms with E-state index in [0.29, 0.717) is 19.2 Å². The van der Waals surface area contributed by atoms with Crippen LogP contribution >= 0.6 is 0 Å². The summed E-state index contributed by atoms with van der Waals surface area (Å²) < 4.78 is 0. The summed E-state index contributed by atoms with van der Waals surface area (Å²) >= 11 is 0. The molecule has 1 rings (SSSR count). The van der Waals surface area contributed by atoms with E-state index in [-0.39, 0.29) is 18.2 Å². The predicted molar refractivity (Wildman–Crippen MR) is 75.7 cm³/mol. The molecule has 1 heterocycles. The molecule has 1 aliphatic heterocycles. The first-order valence-corrected chi connectivity index (χ1v) is 7.14. The Morgan fingerprint density at radius 2 is 2.05 bits per heavy atom. The molecule has 0 amide bonds. The number of nitrogens with one attached hydrogen (secondary N) is 1. The molecule has 0 aromatic carbocycles. The first kappa shape index (κ1) is 16.9. The molecule has 1 fully saturated rings. The van der Waals surface area contributed by atoms with Crippen LogP contribution in [0.3, 0.4) is 0 Å². The molecule has 2 unspecified atom stereocenters. The van der Waals surface area contributed by atoms with Crippen molar-refractivity contribution in [3.8, 4) is 0 Å². The van der Waals surface area contributed by atoms with E-state index in [1.54, 1.807) is 13.8 Å². The van der Waals surface area contributed by atoms with Crippen molar-refractivity contribution in [1.82, 2.24) is 10.4 Å². The highest BCUT2D eigenvalue weighted by atomic mass is 16.7. The topological polar surface area (TPSA) is 65.0 Å². The van der Waals surface area contributed by atoms with E-state index < -0.39 is 5.60 Å². The van der Waals surface area contributed by atoms with Gasteiger partial charge in [0.15, 0.2) is 0 Å². The van der Waals surface area contributed by atoms with Gasteiger partial charge in [-0.05, 0) is 47.5 Å². The van der Waals surface area contributed by atoms with Gasteiger partial charge in [-0.3, -0.25) is 4.84 Å². The Labute approximate surface area is 116 Å². The average molecular weight is 274 g/mol. The molecule has 0 aromatic heterocycles. The summed E-state index contributed by atoms with van der Waals surface area (Å²) in [6, 6.07) is 0.682. The van der Waals surface area contributed by atoms with Crippen LogP contribution in [0.1, 0.15) is 47.5 Å². The molecule has 0 aliphatic carbocycles. The number of aliphatic hydroxyl groups excluding tert-OH is 1. The number of nitrogens with zero attached hydrogens (tertiary/aromatic N) is 1. The zero-order valence-corrected chi connectivity index (χ0v) is 12.9. The maximum absolute atomic E-state index is 9.78. The molecule has 0 spiro atoms. The van der Waals surface area contributed by atoms with Crippen molar-refractivity contribution in [2.24, 2.45) is 0 Å². The van der Waals surface area contributed by atoms with Crippen LogP contribution in [0.2, 0.25) is 0 Å². The predicted octanol–water partition coefficient (Wildman–Crippen LogP) is 0.902. The Bertz CT molecular complexity index is 276. The molecule has 2 atom stereocenters. The van der Waals surface area contributed by atoms with E-state index >= 15 is 0 Å². The molecule has 0 aromatic rings. The van der Waals surface area contributed by atoms with Crippen LogP contribution in [0.15, 0.2) is 0 Å². The van der Waals surface area contributed by atoms with Crippen molar-refractivity contribution in [1.29, 1.82) is 0 Å². The van der Waals surface area contributed by atoms with E-state index in [1.807, 2.05) is 5.06 Å². The molecule has 3 N–H and O–H groups in total. The molecule has 0 bridgehead atoms. The van der Waals surface area contributed by atoms with Crippen LogP contribution in [0.25, 0.3) is 0 Å². The largest absolute Gasteiger partial charge is 0.395 e. The average Bonchev–Trinajstić information content (AvgIpc) is 2.22. The fraction of sp³-hybridized carbons (Fsp3) is 1.00. The molecule has 19 heavy (non-hydrogen) atoms. The van der Waals surface area contributed by atoms with Crippen LogP contribution in [0, 0.1) is 0 Å². The van der Waals surface area contributed by atoms with Gasteiger partial charge < -0.3 is 15.5 Å². The van der Waals surface area contributed by atoms with E-state index in [9.17, 15) is 5.11 Å². The van der Waals surface area contributed by atoms with E-state index in [1.165, 1.54) is 0 Å². The number of hydrogen-bond donors (Lipinski definition) is 3. The molecule has 5 nitrogen and oxygen atoms in total. The highest BCUT2D eigenvalue weighted by Gasteiger charge is 2.40. The molecule has 0 saturated carbocycles. The molecule has 114 valence electrons. The summed E-state index contributed by atoms with van der Waals surface area (Å²) in [5, 5.41) is 24.1. The summed E-state index contributed by atoms with van der Waals surface area (Å²) in [6.07, 6.45) is 1.94. The Kier molecular flexibility index (Phi) is 5.77. The van der Waals surface area contributed by atoms with Gasteiger partial charge in [0, 0.05) is 24.2 Å². The second-order valence-corrected chi connectivity index (χ2v) is 6.89.